The molecule has 0 saturated carbocycles. The van der Waals surface area contributed by atoms with Crippen LogP contribution >= 0.6 is 34.5 Å². The lowest BCUT2D eigenvalue weighted by atomic mass is 10.2. The minimum atomic E-state index is -0.619. The van der Waals surface area contributed by atoms with Gasteiger partial charge in [-0.25, -0.2) is 4.79 Å². The van der Waals surface area contributed by atoms with E-state index in [0.717, 1.165) is 6.42 Å². The number of hydrogen-bond acceptors (Lipinski definition) is 4. The first-order chi connectivity index (χ1) is 10.6. The van der Waals surface area contributed by atoms with Crippen molar-refractivity contribution in [3.05, 3.63) is 56.2 Å². The number of rotatable bonds is 6. The van der Waals surface area contributed by atoms with Gasteiger partial charge in [0.05, 0.1) is 15.6 Å². The smallest absolute Gasteiger partial charge is 0.338 e. The zero-order valence-corrected chi connectivity index (χ0v) is 13.8. The molecule has 0 unspecified atom stereocenters. The quantitative estimate of drug-likeness (QED) is 0.804. The normalized spacial score (nSPS) is 10.3. The van der Waals surface area contributed by atoms with Gasteiger partial charge in [0.2, 0.25) is 0 Å². The van der Waals surface area contributed by atoms with Crippen LogP contribution in [-0.4, -0.2) is 25.0 Å². The number of thiophene rings is 1. The summed E-state index contributed by atoms with van der Waals surface area (Å²) in [7, 11) is 0. The van der Waals surface area contributed by atoms with E-state index in [9.17, 15) is 9.59 Å². The van der Waals surface area contributed by atoms with E-state index in [-0.39, 0.29) is 23.1 Å². The van der Waals surface area contributed by atoms with Gasteiger partial charge in [-0.2, -0.15) is 0 Å². The van der Waals surface area contributed by atoms with Crippen LogP contribution in [0.1, 0.15) is 15.2 Å². The van der Waals surface area contributed by atoms with Gasteiger partial charge in [0.15, 0.2) is 6.61 Å². The lowest BCUT2D eigenvalue weighted by Gasteiger charge is -2.06. The molecule has 0 fully saturated rings. The molecule has 1 heterocycles. The van der Waals surface area contributed by atoms with E-state index in [1.165, 1.54) is 23.1 Å². The molecule has 1 aromatic carbocycles. The van der Waals surface area contributed by atoms with E-state index in [1.807, 2.05) is 17.5 Å². The molecule has 0 atom stereocenters. The van der Waals surface area contributed by atoms with E-state index in [0.29, 0.717) is 11.6 Å². The van der Waals surface area contributed by atoms with Crippen molar-refractivity contribution in [1.82, 2.24) is 5.32 Å². The maximum atomic E-state index is 11.8. The van der Waals surface area contributed by atoms with Crippen molar-refractivity contribution in [2.24, 2.45) is 0 Å². The molecule has 7 heteroatoms. The van der Waals surface area contributed by atoms with Crippen LogP contribution in [0.4, 0.5) is 0 Å². The maximum absolute atomic E-state index is 11.8. The highest BCUT2D eigenvalue weighted by Gasteiger charge is 2.11. The summed E-state index contributed by atoms with van der Waals surface area (Å²) in [6, 6.07) is 8.36. The number of hydrogen-bond donors (Lipinski definition) is 1. The molecular formula is C15H13Cl2NO3S. The molecule has 116 valence electrons. The van der Waals surface area contributed by atoms with Gasteiger partial charge in [0, 0.05) is 11.4 Å². The Bertz CT molecular complexity index is 659. The van der Waals surface area contributed by atoms with Gasteiger partial charge in [-0.1, -0.05) is 29.3 Å². The van der Waals surface area contributed by atoms with Crippen LogP contribution in [0.2, 0.25) is 10.0 Å². The minimum absolute atomic E-state index is 0.251. The fourth-order valence-electron chi connectivity index (χ4n) is 1.67. The standard InChI is InChI=1S/C15H13Cl2NO3S/c16-12-4-3-10(8-13(12)17)15(20)21-9-14(19)18-6-5-11-2-1-7-22-11/h1-4,7-8H,5-6,9H2,(H,18,19). The second kappa shape index (κ2) is 8.17. The summed E-state index contributed by atoms with van der Waals surface area (Å²) in [5.74, 6) is -0.961. The molecule has 4 nitrogen and oxygen atoms in total. The fourth-order valence-corrected chi connectivity index (χ4v) is 2.68. The van der Waals surface area contributed by atoms with Gasteiger partial charge >= 0.3 is 5.97 Å². The van der Waals surface area contributed by atoms with Gasteiger partial charge in [-0.3, -0.25) is 4.79 Å². The Morgan fingerprint density at radius 1 is 1.18 bits per heavy atom. The molecule has 1 amide bonds. The number of esters is 1. The molecule has 0 saturated heterocycles. The monoisotopic (exact) mass is 357 g/mol. The molecular weight excluding hydrogens is 345 g/mol. The average Bonchev–Trinajstić information content (AvgIpc) is 3.01. The third-order valence-corrected chi connectivity index (χ3v) is 4.44. The molecule has 0 radical (unpaired) electrons. The lowest BCUT2D eigenvalue weighted by Crippen LogP contribution is -2.30. The van der Waals surface area contributed by atoms with Crippen LogP contribution in [0.5, 0.6) is 0 Å². The third-order valence-electron chi connectivity index (χ3n) is 2.76. The summed E-state index contributed by atoms with van der Waals surface area (Å²) in [6.07, 6.45) is 0.754. The van der Waals surface area contributed by atoms with E-state index in [1.54, 1.807) is 11.3 Å². The molecule has 0 bridgehead atoms. The molecule has 1 aromatic heterocycles. The van der Waals surface area contributed by atoms with Crippen molar-refractivity contribution in [2.45, 2.75) is 6.42 Å². The topological polar surface area (TPSA) is 55.4 Å². The molecule has 0 aliphatic heterocycles. The predicted octanol–water partition coefficient (Wildman–Crippen LogP) is 3.57. The molecule has 0 spiro atoms. The van der Waals surface area contributed by atoms with Crippen LogP contribution in [-0.2, 0) is 16.0 Å². The van der Waals surface area contributed by atoms with Crippen molar-refractivity contribution in [1.29, 1.82) is 0 Å². The molecule has 2 rings (SSSR count). The lowest BCUT2D eigenvalue weighted by molar-refractivity contribution is -0.124. The van der Waals surface area contributed by atoms with Crippen molar-refractivity contribution in [2.75, 3.05) is 13.2 Å². The summed E-state index contributed by atoms with van der Waals surface area (Å²) in [6.45, 7) is 0.174. The first-order valence-corrected chi connectivity index (χ1v) is 8.11. The SMILES string of the molecule is O=C(COC(=O)c1ccc(Cl)c(Cl)c1)NCCc1cccs1. The van der Waals surface area contributed by atoms with Gasteiger partial charge in [-0.05, 0) is 36.1 Å². The maximum Gasteiger partial charge on any atom is 0.338 e. The Labute approximate surface area is 142 Å². The number of ether oxygens (including phenoxy) is 1. The summed E-state index contributed by atoms with van der Waals surface area (Å²) in [4.78, 5) is 24.6. The summed E-state index contributed by atoms with van der Waals surface area (Å²) < 4.78 is 4.92. The zero-order chi connectivity index (χ0) is 15.9. The predicted molar refractivity (Wildman–Crippen MR) is 87.8 cm³/mol. The molecule has 0 aliphatic rings. The van der Waals surface area contributed by atoms with Gasteiger partial charge in [-0.15, -0.1) is 11.3 Å². The van der Waals surface area contributed by atoms with Crippen molar-refractivity contribution >= 4 is 46.4 Å². The molecule has 0 aliphatic carbocycles. The van der Waals surface area contributed by atoms with Crippen LogP contribution < -0.4 is 5.32 Å². The Morgan fingerprint density at radius 3 is 2.68 bits per heavy atom. The van der Waals surface area contributed by atoms with E-state index >= 15 is 0 Å². The van der Waals surface area contributed by atoms with Crippen molar-refractivity contribution in [3.63, 3.8) is 0 Å². The number of benzene rings is 1. The van der Waals surface area contributed by atoms with E-state index < -0.39 is 5.97 Å². The minimum Gasteiger partial charge on any atom is -0.452 e. The van der Waals surface area contributed by atoms with Crippen LogP contribution in [0, 0.1) is 0 Å². The first kappa shape index (κ1) is 16.8. The fraction of sp³-hybridized carbons (Fsp3) is 0.200. The largest absolute Gasteiger partial charge is 0.452 e. The second-order valence-electron chi connectivity index (χ2n) is 4.38. The molecule has 2 aromatic rings. The van der Waals surface area contributed by atoms with E-state index in [4.69, 9.17) is 27.9 Å². The number of carbonyl (C=O) groups excluding carboxylic acids is 2. The number of amides is 1. The number of carbonyl (C=O) groups is 2. The highest BCUT2D eigenvalue weighted by Crippen LogP contribution is 2.22. The number of nitrogens with one attached hydrogen (secondary N) is 1. The van der Waals surface area contributed by atoms with Gasteiger partial charge in [0.1, 0.15) is 0 Å². The Hall–Kier alpha value is -1.56. The second-order valence-corrected chi connectivity index (χ2v) is 6.23. The Balaban J connectivity index is 1.73. The highest BCUT2D eigenvalue weighted by molar-refractivity contribution is 7.09. The Kier molecular flexibility index (Phi) is 6.24. The molecule has 22 heavy (non-hydrogen) atoms. The highest BCUT2D eigenvalue weighted by atomic mass is 35.5. The summed E-state index contributed by atoms with van der Waals surface area (Å²) in [5.41, 5.74) is 0.251. The van der Waals surface area contributed by atoms with Gasteiger partial charge < -0.3 is 10.1 Å². The number of halogens is 2. The van der Waals surface area contributed by atoms with Crippen molar-refractivity contribution < 1.29 is 14.3 Å². The van der Waals surface area contributed by atoms with Crippen LogP contribution in [0.3, 0.4) is 0 Å². The van der Waals surface area contributed by atoms with Crippen LogP contribution in [0.25, 0.3) is 0 Å². The summed E-state index contributed by atoms with van der Waals surface area (Å²) >= 11 is 13.2. The average molecular weight is 358 g/mol. The van der Waals surface area contributed by atoms with Crippen molar-refractivity contribution in [3.8, 4) is 0 Å². The van der Waals surface area contributed by atoms with E-state index in [2.05, 4.69) is 5.32 Å². The third kappa shape index (κ3) is 5.02. The summed E-state index contributed by atoms with van der Waals surface area (Å²) in [5, 5.41) is 5.29. The first-order valence-electron chi connectivity index (χ1n) is 6.47. The van der Waals surface area contributed by atoms with Gasteiger partial charge in [0.25, 0.3) is 5.91 Å². The Morgan fingerprint density at radius 2 is 2.00 bits per heavy atom. The van der Waals surface area contributed by atoms with Crippen LogP contribution in [0.15, 0.2) is 35.7 Å². The zero-order valence-electron chi connectivity index (χ0n) is 11.5. The molecule has 1 N–H and O–H groups in total.